The zero-order valence-electron chi connectivity index (χ0n) is 22.6. The molecule has 1 fully saturated rings. The molecule has 208 valence electrons. The highest BCUT2D eigenvalue weighted by Gasteiger charge is 2.44. The number of aryl methyl sites for hydroxylation is 2. The minimum Gasteiger partial charge on any atom is -0.364 e. The number of pyridine rings is 1. The number of hydrogen-bond acceptors (Lipinski definition) is 7. The van der Waals surface area contributed by atoms with E-state index in [1.165, 1.54) is 9.58 Å². The molecule has 3 amide bonds. The van der Waals surface area contributed by atoms with E-state index in [1.54, 1.807) is 43.6 Å². The van der Waals surface area contributed by atoms with E-state index >= 15 is 0 Å². The van der Waals surface area contributed by atoms with Gasteiger partial charge in [-0.3, -0.25) is 19.1 Å². The topological polar surface area (TPSA) is 149 Å². The van der Waals surface area contributed by atoms with Crippen LogP contribution in [0.1, 0.15) is 35.2 Å². The van der Waals surface area contributed by atoms with Crippen molar-refractivity contribution < 1.29 is 14.4 Å². The van der Waals surface area contributed by atoms with Gasteiger partial charge in [-0.15, -0.1) is 6.42 Å². The van der Waals surface area contributed by atoms with Crippen LogP contribution in [-0.4, -0.2) is 59.4 Å². The Kier molecular flexibility index (Phi) is 7.55. The van der Waals surface area contributed by atoms with E-state index in [0.29, 0.717) is 33.6 Å². The number of anilines is 1. The number of benzene rings is 1. The number of hydrogen-bond donors (Lipinski definition) is 2. The van der Waals surface area contributed by atoms with Gasteiger partial charge in [0.1, 0.15) is 28.8 Å². The fourth-order valence-electron chi connectivity index (χ4n) is 5.30. The van der Waals surface area contributed by atoms with E-state index < -0.39 is 29.8 Å². The number of rotatable bonds is 6. The summed E-state index contributed by atoms with van der Waals surface area (Å²) >= 11 is 3.29. The van der Waals surface area contributed by atoms with Crippen molar-refractivity contribution in [3.8, 4) is 23.5 Å². The number of amides is 3. The van der Waals surface area contributed by atoms with Gasteiger partial charge in [-0.1, -0.05) is 18.9 Å². The molecule has 4 aromatic rings. The Morgan fingerprint density at radius 1 is 1.17 bits per heavy atom. The lowest BCUT2D eigenvalue weighted by atomic mass is 10.0. The Bertz CT molecular complexity index is 1730. The van der Waals surface area contributed by atoms with Crippen LogP contribution in [-0.2, 0) is 16.1 Å². The van der Waals surface area contributed by atoms with Gasteiger partial charge in [0.15, 0.2) is 5.69 Å². The first kappa shape index (κ1) is 27.9. The van der Waals surface area contributed by atoms with Crippen LogP contribution in [0.2, 0.25) is 0 Å². The molecule has 0 unspecified atom stereocenters. The molecule has 3 N–H and O–H groups in total. The summed E-state index contributed by atoms with van der Waals surface area (Å²) in [5.41, 5.74) is 8.61. The Hall–Kier alpha value is -4.63. The normalized spacial score (nSPS) is 18.3. The number of likely N-dealkylation sites (tertiary alicyclic amines) is 1. The number of halogens is 1. The molecule has 41 heavy (non-hydrogen) atoms. The van der Waals surface area contributed by atoms with Gasteiger partial charge in [0.05, 0.1) is 11.6 Å². The van der Waals surface area contributed by atoms with E-state index in [2.05, 4.69) is 47.2 Å². The van der Waals surface area contributed by atoms with Crippen LogP contribution in [0, 0.1) is 32.1 Å². The van der Waals surface area contributed by atoms with Gasteiger partial charge in [0.25, 0.3) is 5.91 Å². The number of nitrogens with two attached hydrogens (primary N) is 1. The van der Waals surface area contributed by atoms with Gasteiger partial charge in [-0.2, -0.15) is 5.10 Å². The maximum Gasteiger partial charge on any atom is 0.269 e. The highest BCUT2D eigenvalue weighted by molar-refractivity contribution is 9.10. The Labute approximate surface area is 244 Å². The first-order chi connectivity index (χ1) is 19.6. The number of carbonyl (C=O) groups is 3. The second-order valence-corrected chi connectivity index (χ2v) is 10.9. The largest absolute Gasteiger partial charge is 0.364 e. The van der Waals surface area contributed by atoms with Gasteiger partial charge in [-0.25, -0.2) is 15.0 Å². The standard InChI is InChI=1S/C29H27BrN8O3/c1-5-21-15(2)10-22(29(41)35-24-8-6-7-23(30)34-24)38(21)25(39)14-37-27-16(3)9-18(19-12-32-17(4)33-13-19)11-20(27)26(36-37)28(31)40/h1,6-9,11-13,15,21-22H,10,14H2,2-4H3,(H2,31,40)(H,34,35,41)/t15-,21+,22-/m0/s1. The number of terminal acetylenes is 1. The number of aromatic nitrogens is 5. The first-order valence-corrected chi connectivity index (χ1v) is 13.7. The van der Waals surface area contributed by atoms with Gasteiger partial charge in [-0.05, 0) is 77.5 Å². The highest BCUT2D eigenvalue weighted by Crippen LogP contribution is 2.33. The predicted octanol–water partition coefficient (Wildman–Crippen LogP) is 3.24. The SMILES string of the molecule is C#C[C@@H]1[C@@H](C)C[C@@H](C(=O)Nc2cccc(Br)n2)N1C(=O)Cn1nc(C(N)=O)c2cc(-c3cnc(C)nc3)cc(C)c21. The predicted molar refractivity (Wildman–Crippen MR) is 156 cm³/mol. The van der Waals surface area contributed by atoms with Crippen LogP contribution in [0.15, 0.2) is 47.3 Å². The number of carbonyl (C=O) groups excluding carboxylic acids is 3. The van der Waals surface area contributed by atoms with Crippen LogP contribution in [0.5, 0.6) is 0 Å². The Balaban J connectivity index is 1.49. The van der Waals surface area contributed by atoms with Gasteiger partial charge in [0, 0.05) is 23.3 Å². The fraction of sp³-hybridized carbons (Fsp3) is 0.276. The molecule has 0 spiro atoms. The second-order valence-electron chi connectivity index (χ2n) is 10.1. The maximum atomic E-state index is 13.8. The monoisotopic (exact) mass is 614 g/mol. The smallest absolute Gasteiger partial charge is 0.269 e. The molecule has 0 saturated carbocycles. The molecular formula is C29H27BrN8O3. The van der Waals surface area contributed by atoms with Crippen LogP contribution in [0.25, 0.3) is 22.0 Å². The summed E-state index contributed by atoms with van der Waals surface area (Å²) in [7, 11) is 0. The molecule has 1 aliphatic heterocycles. The molecule has 0 radical (unpaired) electrons. The van der Waals surface area contributed by atoms with E-state index in [9.17, 15) is 14.4 Å². The molecule has 11 nitrogen and oxygen atoms in total. The summed E-state index contributed by atoms with van der Waals surface area (Å²) < 4.78 is 2.01. The van der Waals surface area contributed by atoms with E-state index in [-0.39, 0.29) is 18.2 Å². The minimum absolute atomic E-state index is 0.0316. The third-order valence-electron chi connectivity index (χ3n) is 7.16. The molecule has 0 bridgehead atoms. The lowest BCUT2D eigenvalue weighted by Crippen LogP contribution is -2.48. The van der Waals surface area contributed by atoms with Crippen molar-refractivity contribution in [3.63, 3.8) is 0 Å². The number of nitrogens with one attached hydrogen (secondary N) is 1. The quantitative estimate of drug-likeness (QED) is 0.250. The summed E-state index contributed by atoms with van der Waals surface area (Å²) in [5.74, 6) is 2.02. The molecule has 3 aromatic heterocycles. The molecule has 3 atom stereocenters. The lowest BCUT2D eigenvalue weighted by Gasteiger charge is -2.28. The molecule has 4 heterocycles. The van der Waals surface area contributed by atoms with Crippen molar-refractivity contribution in [2.75, 3.05) is 5.32 Å². The summed E-state index contributed by atoms with van der Waals surface area (Å²) in [6.45, 7) is 5.31. The summed E-state index contributed by atoms with van der Waals surface area (Å²) in [6.07, 6.45) is 9.61. The van der Waals surface area contributed by atoms with Crippen molar-refractivity contribution in [2.24, 2.45) is 11.7 Å². The second kappa shape index (κ2) is 11.1. The molecule has 5 rings (SSSR count). The van der Waals surface area contributed by atoms with Gasteiger partial charge >= 0.3 is 0 Å². The zero-order valence-corrected chi connectivity index (χ0v) is 24.2. The summed E-state index contributed by atoms with van der Waals surface area (Å²) in [6, 6.07) is 7.43. The zero-order chi connectivity index (χ0) is 29.4. The van der Waals surface area contributed by atoms with E-state index in [0.717, 1.165) is 16.7 Å². The molecule has 1 aliphatic rings. The molecule has 0 aliphatic carbocycles. The maximum absolute atomic E-state index is 13.8. The number of primary amides is 1. The molecule has 12 heteroatoms. The van der Waals surface area contributed by atoms with Gasteiger partial charge in [0.2, 0.25) is 11.8 Å². The van der Waals surface area contributed by atoms with Crippen molar-refractivity contribution in [2.45, 2.75) is 45.8 Å². The van der Waals surface area contributed by atoms with Crippen molar-refractivity contribution in [3.05, 3.63) is 64.4 Å². The fourth-order valence-corrected chi connectivity index (χ4v) is 5.64. The number of fused-ring (bicyclic) bond motifs is 1. The van der Waals surface area contributed by atoms with Crippen molar-refractivity contribution in [1.82, 2.24) is 29.6 Å². The van der Waals surface area contributed by atoms with Crippen LogP contribution < -0.4 is 11.1 Å². The van der Waals surface area contributed by atoms with Gasteiger partial charge < -0.3 is 16.0 Å². The number of nitrogens with zero attached hydrogens (tertiary/aromatic N) is 6. The lowest BCUT2D eigenvalue weighted by molar-refractivity contribution is -0.138. The summed E-state index contributed by atoms with van der Waals surface area (Å²) in [5, 5.41) is 7.71. The van der Waals surface area contributed by atoms with Crippen LogP contribution >= 0.6 is 15.9 Å². The van der Waals surface area contributed by atoms with Crippen molar-refractivity contribution in [1.29, 1.82) is 0 Å². The minimum atomic E-state index is -0.814. The molecule has 1 aromatic carbocycles. The molecule has 1 saturated heterocycles. The first-order valence-electron chi connectivity index (χ1n) is 12.9. The third kappa shape index (κ3) is 5.40. The molecular weight excluding hydrogens is 588 g/mol. The van der Waals surface area contributed by atoms with Crippen molar-refractivity contribution >= 4 is 50.4 Å². The Morgan fingerprint density at radius 3 is 2.56 bits per heavy atom. The summed E-state index contributed by atoms with van der Waals surface area (Å²) in [4.78, 5) is 53.8. The Morgan fingerprint density at radius 2 is 1.90 bits per heavy atom. The third-order valence-corrected chi connectivity index (χ3v) is 7.61. The highest BCUT2D eigenvalue weighted by atomic mass is 79.9. The van der Waals surface area contributed by atoms with E-state index in [4.69, 9.17) is 12.2 Å². The van der Waals surface area contributed by atoms with Crippen LogP contribution in [0.4, 0.5) is 5.82 Å². The average Bonchev–Trinajstić information content (AvgIpc) is 3.46. The average molecular weight is 615 g/mol. The van der Waals surface area contributed by atoms with E-state index in [1.807, 2.05) is 19.9 Å². The van der Waals surface area contributed by atoms with Crippen LogP contribution in [0.3, 0.4) is 0 Å².